The Labute approximate surface area is 141 Å². The number of ether oxygens (including phenoxy) is 1. The Morgan fingerprint density at radius 2 is 2.26 bits per heavy atom. The van der Waals surface area contributed by atoms with E-state index < -0.39 is 0 Å². The summed E-state index contributed by atoms with van der Waals surface area (Å²) in [6.07, 6.45) is 8.19. The Kier molecular flexibility index (Phi) is 3.81. The van der Waals surface area contributed by atoms with E-state index in [2.05, 4.69) is 10.6 Å². The van der Waals surface area contributed by atoms with Crippen molar-refractivity contribution >= 4 is 17.6 Å². The van der Waals surface area contributed by atoms with Crippen molar-refractivity contribution in [1.29, 1.82) is 0 Å². The van der Waals surface area contributed by atoms with Crippen molar-refractivity contribution in [3.8, 4) is 0 Å². The van der Waals surface area contributed by atoms with Crippen LogP contribution in [-0.4, -0.2) is 29.4 Å². The summed E-state index contributed by atoms with van der Waals surface area (Å²) in [5.41, 5.74) is 1.20. The minimum Gasteiger partial charge on any atom is -0.377 e. The number of carbonyl (C=O) groups excluding carboxylic acids is 1. The molecule has 23 heavy (non-hydrogen) atoms. The van der Waals surface area contributed by atoms with Crippen molar-refractivity contribution < 1.29 is 9.53 Å². The van der Waals surface area contributed by atoms with E-state index in [1.54, 1.807) is 0 Å². The lowest BCUT2D eigenvalue weighted by atomic mass is 9.54. The highest BCUT2D eigenvalue weighted by molar-refractivity contribution is 6.30. The van der Waals surface area contributed by atoms with Crippen LogP contribution in [0.25, 0.3) is 0 Å². The first kappa shape index (κ1) is 15.3. The fourth-order valence-corrected chi connectivity index (χ4v) is 5.28. The number of fused-ring (bicyclic) bond motifs is 2. The van der Waals surface area contributed by atoms with Crippen molar-refractivity contribution in [2.75, 3.05) is 6.61 Å². The normalized spacial score (nSPS) is 31.0. The van der Waals surface area contributed by atoms with Gasteiger partial charge >= 0.3 is 6.03 Å². The summed E-state index contributed by atoms with van der Waals surface area (Å²) in [6.45, 7) is 1.33. The molecule has 3 aliphatic rings. The third-order valence-electron chi connectivity index (χ3n) is 6.08. The monoisotopic (exact) mass is 337 g/mol. The molecule has 3 fully saturated rings. The van der Waals surface area contributed by atoms with Crippen LogP contribution in [0.5, 0.6) is 0 Å². The minimum atomic E-state index is -0.0797. The summed E-state index contributed by atoms with van der Waals surface area (Å²) in [5.74, 6) is 0.503. The number of aromatic nitrogens is 1. The van der Waals surface area contributed by atoms with Gasteiger partial charge in [0.15, 0.2) is 0 Å². The Morgan fingerprint density at radius 1 is 1.48 bits per heavy atom. The minimum absolute atomic E-state index is 0.0797. The molecule has 0 aromatic carbocycles. The Hall–Kier alpha value is -1.20. The lowest BCUT2D eigenvalue weighted by molar-refractivity contribution is -0.126. The lowest BCUT2D eigenvalue weighted by Crippen LogP contribution is -2.69. The van der Waals surface area contributed by atoms with Gasteiger partial charge in [0, 0.05) is 42.9 Å². The molecule has 2 heterocycles. The molecule has 0 unspecified atom stereocenters. The SMILES string of the molecule is Cn1cc(Cl)cc1CNC(=O)N[C@@H]1[C@H]2CCO[C@H]2C12CCCC2. The zero-order valence-corrected chi connectivity index (χ0v) is 14.2. The van der Waals surface area contributed by atoms with E-state index in [-0.39, 0.29) is 17.5 Å². The van der Waals surface area contributed by atoms with Crippen molar-refractivity contribution in [3.05, 3.63) is 23.0 Å². The van der Waals surface area contributed by atoms with Gasteiger partial charge < -0.3 is 19.9 Å². The summed E-state index contributed by atoms with van der Waals surface area (Å²) in [5, 5.41) is 6.91. The number of hydrogen-bond donors (Lipinski definition) is 2. The molecular weight excluding hydrogens is 314 g/mol. The molecule has 1 spiro atoms. The molecule has 5 nitrogen and oxygen atoms in total. The van der Waals surface area contributed by atoms with Gasteiger partial charge in [-0.05, 0) is 25.3 Å². The molecule has 2 N–H and O–H groups in total. The van der Waals surface area contributed by atoms with Gasteiger partial charge in [0.2, 0.25) is 0 Å². The fourth-order valence-electron chi connectivity index (χ4n) is 5.01. The van der Waals surface area contributed by atoms with Gasteiger partial charge in [0.1, 0.15) is 0 Å². The maximum atomic E-state index is 12.4. The number of aryl methyl sites for hydroxylation is 1. The number of halogens is 1. The van der Waals surface area contributed by atoms with Gasteiger partial charge in [-0.1, -0.05) is 24.4 Å². The second-order valence-electron chi connectivity index (χ2n) is 7.25. The molecule has 2 aliphatic carbocycles. The summed E-state index contributed by atoms with van der Waals surface area (Å²) < 4.78 is 7.90. The van der Waals surface area contributed by atoms with Crippen LogP contribution in [-0.2, 0) is 18.3 Å². The molecule has 1 aromatic heterocycles. The predicted octanol–water partition coefficient (Wildman–Crippen LogP) is 2.83. The van der Waals surface area contributed by atoms with Crippen LogP contribution < -0.4 is 10.6 Å². The van der Waals surface area contributed by atoms with E-state index in [1.807, 2.05) is 23.9 Å². The van der Waals surface area contributed by atoms with E-state index in [1.165, 1.54) is 25.7 Å². The topological polar surface area (TPSA) is 55.3 Å². The van der Waals surface area contributed by atoms with Crippen LogP contribution in [0.4, 0.5) is 4.79 Å². The number of urea groups is 1. The number of nitrogens with zero attached hydrogens (tertiary/aromatic N) is 1. The van der Waals surface area contributed by atoms with Crippen LogP contribution >= 0.6 is 11.6 Å². The molecular formula is C17H24ClN3O2. The van der Waals surface area contributed by atoms with Crippen LogP contribution in [0.3, 0.4) is 0 Å². The van der Waals surface area contributed by atoms with Crippen LogP contribution in [0.2, 0.25) is 5.02 Å². The first-order valence-corrected chi connectivity index (χ1v) is 8.95. The van der Waals surface area contributed by atoms with E-state index in [0.717, 1.165) is 18.7 Å². The second-order valence-corrected chi connectivity index (χ2v) is 7.69. The summed E-state index contributed by atoms with van der Waals surface area (Å²) >= 11 is 5.98. The van der Waals surface area contributed by atoms with Crippen LogP contribution in [0, 0.1) is 11.3 Å². The summed E-state index contributed by atoms with van der Waals surface area (Å²) in [7, 11) is 1.93. The summed E-state index contributed by atoms with van der Waals surface area (Å²) in [4.78, 5) is 12.4. The summed E-state index contributed by atoms with van der Waals surface area (Å²) in [6, 6.07) is 2.07. The number of hydrogen-bond acceptors (Lipinski definition) is 2. The Bertz CT molecular complexity index is 609. The molecule has 0 radical (unpaired) electrons. The number of amides is 2. The second kappa shape index (κ2) is 5.71. The molecule has 4 rings (SSSR count). The van der Waals surface area contributed by atoms with Crippen molar-refractivity contribution in [2.24, 2.45) is 18.4 Å². The average Bonchev–Trinajstić information content (AvgIpc) is 3.21. The van der Waals surface area contributed by atoms with E-state index in [0.29, 0.717) is 23.6 Å². The van der Waals surface area contributed by atoms with Gasteiger partial charge in [-0.2, -0.15) is 0 Å². The van der Waals surface area contributed by atoms with Gasteiger partial charge in [-0.15, -0.1) is 0 Å². The quantitative estimate of drug-likeness (QED) is 0.891. The highest BCUT2D eigenvalue weighted by atomic mass is 35.5. The molecule has 0 bridgehead atoms. The van der Waals surface area contributed by atoms with Crippen molar-refractivity contribution in [1.82, 2.24) is 15.2 Å². The van der Waals surface area contributed by atoms with Gasteiger partial charge in [-0.25, -0.2) is 4.79 Å². The predicted molar refractivity (Wildman–Crippen MR) is 88.3 cm³/mol. The number of nitrogens with one attached hydrogen (secondary N) is 2. The number of carbonyl (C=O) groups is 1. The zero-order chi connectivity index (χ0) is 16.0. The molecule has 6 heteroatoms. The molecule has 126 valence electrons. The molecule has 1 saturated heterocycles. The molecule has 2 amide bonds. The third-order valence-corrected chi connectivity index (χ3v) is 6.28. The maximum absolute atomic E-state index is 12.4. The van der Waals surface area contributed by atoms with E-state index in [9.17, 15) is 4.79 Å². The van der Waals surface area contributed by atoms with E-state index >= 15 is 0 Å². The van der Waals surface area contributed by atoms with Gasteiger partial charge in [0.05, 0.1) is 17.7 Å². The van der Waals surface area contributed by atoms with Gasteiger partial charge in [-0.3, -0.25) is 0 Å². The highest BCUT2D eigenvalue weighted by Crippen LogP contribution is 2.60. The van der Waals surface area contributed by atoms with Crippen LogP contribution in [0.15, 0.2) is 12.3 Å². The first-order valence-electron chi connectivity index (χ1n) is 8.57. The third kappa shape index (κ3) is 2.45. The van der Waals surface area contributed by atoms with E-state index in [4.69, 9.17) is 16.3 Å². The lowest BCUT2D eigenvalue weighted by Gasteiger charge is -2.56. The highest BCUT2D eigenvalue weighted by Gasteiger charge is 2.65. The number of rotatable bonds is 3. The molecule has 1 aliphatic heterocycles. The Balaban J connectivity index is 1.37. The van der Waals surface area contributed by atoms with Gasteiger partial charge in [0.25, 0.3) is 0 Å². The Morgan fingerprint density at radius 3 is 2.96 bits per heavy atom. The molecule has 1 aromatic rings. The van der Waals surface area contributed by atoms with Crippen molar-refractivity contribution in [3.63, 3.8) is 0 Å². The molecule has 3 atom stereocenters. The maximum Gasteiger partial charge on any atom is 0.315 e. The fraction of sp³-hybridized carbons (Fsp3) is 0.706. The molecule has 2 saturated carbocycles. The average molecular weight is 338 g/mol. The zero-order valence-electron chi connectivity index (χ0n) is 13.5. The van der Waals surface area contributed by atoms with Crippen molar-refractivity contribution in [2.45, 2.75) is 50.8 Å². The smallest absolute Gasteiger partial charge is 0.315 e. The van der Waals surface area contributed by atoms with Crippen LogP contribution in [0.1, 0.15) is 37.8 Å². The first-order chi connectivity index (χ1) is 11.1. The largest absolute Gasteiger partial charge is 0.377 e. The standard InChI is InChI=1S/C17H24ClN3O2/c1-21-10-11(18)8-12(21)9-19-16(22)20-14-13-4-7-23-15(13)17(14)5-2-3-6-17/h8,10,13-15H,2-7,9H2,1H3,(H2,19,20,22)/t13-,14-,15-/m1/s1.